The molecule has 5 aromatic rings. The highest BCUT2D eigenvalue weighted by molar-refractivity contribution is 5.91. The molecule has 0 aliphatic carbocycles. The Balaban J connectivity index is 1.14. The first-order chi connectivity index (χ1) is 28.0. The number of nitrogens with one attached hydrogen (secondary N) is 3. The number of hydrogen-bond donors (Lipinski definition) is 3. The van der Waals surface area contributed by atoms with E-state index in [0.717, 1.165) is 62.2 Å². The second-order valence-electron chi connectivity index (χ2n) is 15.1. The fourth-order valence-corrected chi connectivity index (χ4v) is 7.49. The van der Waals surface area contributed by atoms with Gasteiger partial charge in [-0.25, -0.2) is 14.8 Å². The van der Waals surface area contributed by atoms with Crippen molar-refractivity contribution in [3.05, 3.63) is 109 Å². The molecule has 58 heavy (non-hydrogen) atoms. The minimum Gasteiger partial charge on any atom is -0.453 e. The first-order valence-corrected chi connectivity index (χ1v) is 19.9. The smallest absolute Gasteiger partial charge is 0.407 e. The molecule has 1 saturated heterocycles. The molecule has 6 rings (SSSR count). The highest BCUT2D eigenvalue weighted by Gasteiger charge is 2.41. The van der Waals surface area contributed by atoms with Gasteiger partial charge in [0.25, 0.3) is 0 Å². The van der Waals surface area contributed by atoms with Crippen molar-refractivity contribution < 1.29 is 19.1 Å². The van der Waals surface area contributed by atoms with Crippen LogP contribution in [0.5, 0.6) is 0 Å². The lowest BCUT2D eigenvalue weighted by Gasteiger charge is -2.29. The Bertz CT molecular complexity index is 2350. The number of aromatic nitrogens is 4. The number of rotatable bonds is 14. The summed E-state index contributed by atoms with van der Waals surface area (Å²) in [6.45, 7) is 11.0. The molecule has 3 heterocycles. The number of methoxy groups -OCH3 is 1. The lowest BCUT2D eigenvalue weighted by molar-refractivity contribution is -0.135. The van der Waals surface area contributed by atoms with E-state index in [1.54, 1.807) is 11.1 Å². The Morgan fingerprint density at radius 3 is 2.28 bits per heavy atom. The summed E-state index contributed by atoms with van der Waals surface area (Å²) in [5.74, 6) is 0.620. The van der Waals surface area contributed by atoms with Crippen LogP contribution in [-0.2, 0) is 20.9 Å². The minimum atomic E-state index is -0.800. The Morgan fingerprint density at radius 2 is 1.62 bits per heavy atom. The van der Waals surface area contributed by atoms with Crippen molar-refractivity contribution in [2.45, 2.75) is 72.5 Å². The van der Waals surface area contributed by atoms with Crippen molar-refractivity contribution in [3.8, 4) is 39.7 Å². The number of carbonyl (C=O) groups excluding carboxylic acids is 3. The van der Waals surface area contributed by atoms with Crippen LogP contribution in [-0.4, -0.2) is 73.9 Å². The summed E-state index contributed by atoms with van der Waals surface area (Å²) >= 11 is 0. The molecule has 12 heteroatoms. The van der Waals surface area contributed by atoms with Crippen LogP contribution in [0.4, 0.5) is 4.79 Å². The monoisotopic (exact) mass is 780 g/mol. The quantitative estimate of drug-likeness (QED) is 0.0950. The number of aromatic amines is 2. The van der Waals surface area contributed by atoms with E-state index in [9.17, 15) is 19.6 Å². The largest absolute Gasteiger partial charge is 0.453 e. The average molecular weight is 781 g/mol. The zero-order valence-electron chi connectivity index (χ0n) is 34.1. The fraction of sp³-hybridized carbons (Fsp3) is 0.348. The standard InChI is InChI=1S/C46H52N8O4/c1-7-10-30(9-3)21-42(55)53(19-8-2)28-41-48-25-38(50-41)33-13-11-32(12-14-33)34-15-16-36-23-37(18-17-35(36)22-34)39-26-49-44(51-39)40-20-31(24-47)27-54(40)45(56)43(29(4)5)52-46(57)58-6/h7,9-18,22-23,25-26,29,31,40,43H,8,19-21,27-28H2,1-6H3,(H,48,50)(H,49,51)(H,52,57). The maximum absolute atomic E-state index is 13.7. The predicted octanol–water partition coefficient (Wildman–Crippen LogP) is 8.73. The van der Waals surface area contributed by atoms with Gasteiger partial charge in [0.05, 0.1) is 61.9 Å². The molecule has 12 nitrogen and oxygen atoms in total. The third-order valence-electron chi connectivity index (χ3n) is 10.7. The zero-order chi connectivity index (χ0) is 41.3. The fourth-order valence-electron chi connectivity index (χ4n) is 7.49. The number of ether oxygens (including phenoxy) is 1. The zero-order valence-corrected chi connectivity index (χ0v) is 34.1. The number of likely N-dealkylation sites (tertiary alicyclic amines) is 1. The van der Waals surface area contributed by atoms with E-state index in [2.05, 4.69) is 92.8 Å². The second kappa shape index (κ2) is 18.6. The third kappa shape index (κ3) is 9.37. The molecule has 0 spiro atoms. The topological polar surface area (TPSA) is 160 Å². The summed E-state index contributed by atoms with van der Waals surface area (Å²) in [4.78, 5) is 58.5. The van der Waals surface area contributed by atoms with Gasteiger partial charge in [-0.05, 0) is 77.8 Å². The van der Waals surface area contributed by atoms with E-state index in [0.29, 0.717) is 31.8 Å². The summed E-state index contributed by atoms with van der Waals surface area (Å²) < 4.78 is 4.76. The number of alkyl carbamates (subject to hydrolysis) is 1. The van der Waals surface area contributed by atoms with Crippen molar-refractivity contribution >= 4 is 28.7 Å². The lowest BCUT2D eigenvalue weighted by Crippen LogP contribution is -2.51. The molecule has 0 saturated carbocycles. The van der Waals surface area contributed by atoms with Gasteiger partial charge in [0.15, 0.2) is 0 Å². The summed E-state index contributed by atoms with van der Waals surface area (Å²) in [6.07, 6.45) is 10.5. The molecule has 1 aliphatic rings. The van der Waals surface area contributed by atoms with E-state index < -0.39 is 18.2 Å². The molecular weight excluding hydrogens is 729 g/mol. The van der Waals surface area contributed by atoms with E-state index >= 15 is 0 Å². The first kappa shape index (κ1) is 41.2. The van der Waals surface area contributed by atoms with E-state index in [1.165, 1.54) is 7.11 Å². The summed E-state index contributed by atoms with van der Waals surface area (Å²) in [5, 5.41) is 14.6. The van der Waals surface area contributed by atoms with Crippen LogP contribution in [0, 0.1) is 23.2 Å². The van der Waals surface area contributed by atoms with Gasteiger partial charge in [0, 0.05) is 18.7 Å². The van der Waals surface area contributed by atoms with Crippen LogP contribution in [0.25, 0.3) is 44.4 Å². The van der Waals surface area contributed by atoms with Gasteiger partial charge in [-0.3, -0.25) is 9.59 Å². The molecule has 300 valence electrons. The molecule has 0 radical (unpaired) electrons. The molecule has 3 amide bonds. The molecule has 3 aromatic carbocycles. The normalized spacial score (nSPS) is 16.2. The predicted molar refractivity (Wildman–Crippen MR) is 226 cm³/mol. The molecule has 1 aliphatic heterocycles. The highest BCUT2D eigenvalue weighted by atomic mass is 16.5. The van der Waals surface area contributed by atoms with Crippen molar-refractivity contribution in [1.29, 1.82) is 5.26 Å². The van der Waals surface area contributed by atoms with E-state index in [-0.39, 0.29) is 30.2 Å². The minimum absolute atomic E-state index is 0.0850. The number of benzene rings is 3. The van der Waals surface area contributed by atoms with Gasteiger partial charge in [-0.2, -0.15) is 5.26 Å². The molecule has 2 aromatic heterocycles. The van der Waals surface area contributed by atoms with Crippen molar-refractivity contribution in [2.75, 3.05) is 20.2 Å². The molecule has 3 N–H and O–H groups in total. The number of allylic oxidation sites excluding steroid dienone is 3. The van der Waals surface area contributed by atoms with Gasteiger partial charge in [-0.1, -0.05) is 87.5 Å². The molecule has 3 unspecified atom stereocenters. The maximum atomic E-state index is 13.7. The summed E-state index contributed by atoms with van der Waals surface area (Å²) in [5.41, 5.74) is 6.83. The Hall–Kier alpha value is -6.48. The third-order valence-corrected chi connectivity index (χ3v) is 10.7. The first-order valence-electron chi connectivity index (χ1n) is 19.9. The van der Waals surface area contributed by atoms with Crippen LogP contribution in [0.2, 0.25) is 0 Å². The van der Waals surface area contributed by atoms with Gasteiger partial charge in [-0.15, -0.1) is 0 Å². The number of nitriles is 1. The number of carbonyl (C=O) groups is 3. The molecule has 0 bridgehead atoms. The number of hydrogen-bond acceptors (Lipinski definition) is 7. The van der Waals surface area contributed by atoms with Crippen molar-refractivity contribution in [3.63, 3.8) is 0 Å². The van der Waals surface area contributed by atoms with E-state index in [1.807, 2.05) is 63.1 Å². The van der Waals surface area contributed by atoms with Crippen LogP contribution in [0.3, 0.4) is 0 Å². The van der Waals surface area contributed by atoms with Crippen molar-refractivity contribution in [2.24, 2.45) is 11.8 Å². The number of fused-ring (bicyclic) bond motifs is 1. The molecule has 3 atom stereocenters. The van der Waals surface area contributed by atoms with Gasteiger partial charge < -0.3 is 29.8 Å². The van der Waals surface area contributed by atoms with Gasteiger partial charge in [0.2, 0.25) is 11.8 Å². The lowest BCUT2D eigenvalue weighted by atomic mass is 9.98. The summed E-state index contributed by atoms with van der Waals surface area (Å²) in [7, 11) is 1.26. The van der Waals surface area contributed by atoms with Gasteiger partial charge in [0.1, 0.15) is 17.7 Å². The maximum Gasteiger partial charge on any atom is 0.407 e. The highest BCUT2D eigenvalue weighted by Crippen LogP contribution is 2.36. The van der Waals surface area contributed by atoms with Crippen LogP contribution >= 0.6 is 0 Å². The Kier molecular flexibility index (Phi) is 13.2. The Morgan fingerprint density at radius 1 is 0.966 bits per heavy atom. The van der Waals surface area contributed by atoms with Crippen LogP contribution in [0.15, 0.2) is 96.9 Å². The SMILES string of the molecule is CC=CC(=CC)CC(=O)N(CCC)Cc1ncc(-c2ccc(-c3ccc4cc(-c5cnc(C6CC(C#N)CN6C(=O)C(NC(=O)OC)C(C)C)[nH]5)ccc4c3)cc2)[nH]1. The van der Waals surface area contributed by atoms with E-state index in [4.69, 9.17) is 4.74 Å². The Labute approximate surface area is 340 Å². The van der Waals surface area contributed by atoms with Crippen LogP contribution < -0.4 is 5.32 Å². The van der Waals surface area contributed by atoms with Crippen molar-refractivity contribution in [1.82, 2.24) is 35.1 Å². The number of nitrogens with zero attached hydrogens (tertiary/aromatic N) is 5. The second-order valence-corrected chi connectivity index (χ2v) is 15.1. The number of amides is 3. The van der Waals surface area contributed by atoms with Crippen LogP contribution in [0.1, 0.15) is 71.6 Å². The molecular formula is C46H52N8O4. The average Bonchev–Trinajstić information content (AvgIpc) is 4.02. The summed E-state index contributed by atoms with van der Waals surface area (Å²) in [6, 6.07) is 22.1. The number of imidazole rings is 2. The molecule has 1 fully saturated rings. The van der Waals surface area contributed by atoms with Gasteiger partial charge >= 0.3 is 6.09 Å². The number of H-pyrrole nitrogens is 2.